The minimum atomic E-state index is -0.500. The summed E-state index contributed by atoms with van der Waals surface area (Å²) < 4.78 is 29.4. The molecule has 0 spiro atoms. The summed E-state index contributed by atoms with van der Waals surface area (Å²) in [6, 6.07) is 27.0. The Morgan fingerprint density at radius 3 is 1.41 bits per heavy atom. The van der Waals surface area contributed by atoms with Crippen LogP contribution in [0, 0.1) is 0 Å². The van der Waals surface area contributed by atoms with Crippen LogP contribution >= 0.6 is 0 Å². The molecule has 0 atom stereocenters. The fourth-order valence-corrected chi connectivity index (χ4v) is 6.25. The van der Waals surface area contributed by atoms with E-state index < -0.39 is 11.9 Å². The first-order valence-electron chi connectivity index (χ1n) is 21.0. The van der Waals surface area contributed by atoms with E-state index in [1.165, 1.54) is 57.8 Å². The Balaban J connectivity index is 1.28. The Morgan fingerprint density at radius 2 is 0.875 bits per heavy atom. The lowest BCUT2D eigenvalue weighted by Crippen LogP contribution is -2.12. The van der Waals surface area contributed by atoms with Gasteiger partial charge in [-0.05, 0) is 104 Å². The number of rotatable bonds is 28. The Hall–Kier alpha value is -4.82. The largest absolute Gasteiger partial charge is 0.494 e. The van der Waals surface area contributed by atoms with Gasteiger partial charge >= 0.3 is 11.9 Å². The molecule has 4 aromatic rings. The lowest BCUT2D eigenvalue weighted by Gasteiger charge is -2.14. The second kappa shape index (κ2) is 26.1. The number of carbonyl (C=O) groups is 2. The van der Waals surface area contributed by atoms with Crippen molar-refractivity contribution in [3.63, 3.8) is 0 Å². The molecule has 4 aromatic carbocycles. The number of hydrogen-bond donors (Lipinski definition) is 1. The van der Waals surface area contributed by atoms with E-state index in [4.69, 9.17) is 29.4 Å². The van der Waals surface area contributed by atoms with E-state index in [0.29, 0.717) is 60.5 Å². The third kappa shape index (κ3) is 16.1. The van der Waals surface area contributed by atoms with Gasteiger partial charge in [0.2, 0.25) is 0 Å². The van der Waals surface area contributed by atoms with Crippen LogP contribution in [0.4, 0.5) is 0 Å². The molecule has 0 aromatic heterocycles. The van der Waals surface area contributed by atoms with Crippen molar-refractivity contribution in [1.29, 1.82) is 0 Å². The molecule has 0 fully saturated rings. The third-order valence-electron chi connectivity index (χ3n) is 9.62. The third-order valence-corrected chi connectivity index (χ3v) is 9.62. The van der Waals surface area contributed by atoms with Gasteiger partial charge in [0.05, 0.1) is 25.4 Å². The van der Waals surface area contributed by atoms with Crippen LogP contribution in [-0.4, -0.2) is 38.3 Å². The van der Waals surface area contributed by atoms with Gasteiger partial charge in [-0.25, -0.2) is 9.59 Å². The maximum Gasteiger partial charge on any atom is 0.347 e. The maximum absolute atomic E-state index is 13.4. The quantitative estimate of drug-likeness (QED) is 0.0346. The van der Waals surface area contributed by atoms with Crippen LogP contribution in [0.1, 0.15) is 137 Å². The second-order valence-electron chi connectivity index (χ2n) is 14.3. The molecule has 0 heterocycles. The minimum Gasteiger partial charge on any atom is -0.494 e. The van der Waals surface area contributed by atoms with Gasteiger partial charge in [0, 0.05) is 6.07 Å². The van der Waals surface area contributed by atoms with Gasteiger partial charge in [0.25, 0.3) is 0 Å². The van der Waals surface area contributed by atoms with Gasteiger partial charge in [-0.3, -0.25) is 0 Å². The molecule has 0 unspecified atom stereocenters. The van der Waals surface area contributed by atoms with Gasteiger partial charge in [-0.15, -0.1) is 0 Å². The predicted octanol–water partition coefficient (Wildman–Crippen LogP) is 12.2. The number of carbonyl (C=O) groups excluding carboxylic acids is 2. The summed E-state index contributed by atoms with van der Waals surface area (Å²) in [5.74, 6) is 1.81. The molecule has 2 N–H and O–H groups in total. The number of unbranched alkanes of at least 4 members (excludes halogenated alkanes) is 13. The van der Waals surface area contributed by atoms with E-state index >= 15 is 0 Å². The van der Waals surface area contributed by atoms with E-state index in [-0.39, 0.29) is 0 Å². The molecule has 0 aliphatic rings. The summed E-state index contributed by atoms with van der Waals surface area (Å²) in [7, 11) is 0. The highest BCUT2D eigenvalue weighted by Gasteiger charge is 2.17. The van der Waals surface area contributed by atoms with E-state index in [1.807, 2.05) is 24.3 Å². The topological polar surface area (TPSA) is 106 Å². The minimum absolute atomic E-state index is 0.348. The van der Waals surface area contributed by atoms with Crippen LogP contribution in [0.2, 0.25) is 0 Å². The molecule has 8 heteroatoms. The summed E-state index contributed by atoms with van der Waals surface area (Å²) in [4.78, 5) is 26.2. The Labute approximate surface area is 335 Å². The van der Waals surface area contributed by atoms with Crippen molar-refractivity contribution < 1.29 is 33.3 Å². The zero-order valence-electron chi connectivity index (χ0n) is 33.7. The summed E-state index contributed by atoms with van der Waals surface area (Å²) in [6.45, 7) is 6.91. The number of esters is 2. The molecule has 0 saturated heterocycles. The Bertz CT molecular complexity index is 1690. The number of hydrogen-bond acceptors (Lipinski definition) is 8. The molecule has 0 saturated carbocycles. The second-order valence-corrected chi connectivity index (χ2v) is 14.3. The molecule has 0 amide bonds. The van der Waals surface area contributed by atoms with Gasteiger partial charge in [0.15, 0.2) is 0 Å². The van der Waals surface area contributed by atoms with E-state index in [0.717, 1.165) is 61.8 Å². The van der Waals surface area contributed by atoms with Crippen molar-refractivity contribution in [3.8, 4) is 39.9 Å². The molecule has 0 aliphatic heterocycles. The average molecular weight is 766 g/mol. The average Bonchev–Trinajstić information content (AvgIpc) is 3.22. The molecule has 0 radical (unpaired) electrons. The normalized spacial score (nSPS) is 10.9. The van der Waals surface area contributed by atoms with Gasteiger partial charge in [0.1, 0.15) is 34.3 Å². The highest BCUT2D eigenvalue weighted by molar-refractivity contribution is 5.94. The van der Waals surface area contributed by atoms with Crippen LogP contribution in [0.3, 0.4) is 0 Å². The Morgan fingerprint density at radius 1 is 0.446 bits per heavy atom. The van der Waals surface area contributed by atoms with Crippen molar-refractivity contribution in [2.24, 2.45) is 5.73 Å². The highest BCUT2D eigenvalue weighted by Crippen LogP contribution is 2.29. The van der Waals surface area contributed by atoms with Crippen molar-refractivity contribution in [1.82, 2.24) is 0 Å². The summed E-state index contributed by atoms with van der Waals surface area (Å²) in [6.07, 6.45) is 18.3. The van der Waals surface area contributed by atoms with Crippen molar-refractivity contribution in [3.05, 3.63) is 102 Å². The maximum atomic E-state index is 13.4. The van der Waals surface area contributed by atoms with Crippen LogP contribution in [0.5, 0.6) is 28.7 Å². The van der Waals surface area contributed by atoms with Crippen LogP contribution in [0.15, 0.2) is 91.0 Å². The van der Waals surface area contributed by atoms with Crippen molar-refractivity contribution in [2.75, 3.05) is 26.4 Å². The molecular weight excluding hydrogens is 703 g/mol. The lowest BCUT2D eigenvalue weighted by atomic mass is 10.1. The van der Waals surface area contributed by atoms with Crippen LogP contribution in [0.25, 0.3) is 11.1 Å². The summed E-state index contributed by atoms with van der Waals surface area (Å²) in [5.41, 5.74) is 8.28. The van der Waals surface area contributed by atoms with Crippen LogP contribution in [-0.2, 0) is 0 Å². The van der Waals surface area contributed by atoms with Crippen LogP contribution < -0.4 is 29.4 Å². The highest BCUT2D eigenvalue weighted by atomic mass is 16.5. The van der Waals surface area contributed by atoms with Gasteiger partial charge < -0.3 is 29.4 Å². The first kappa shape index (κ1) is 43.9. The lowest BCUT2D eigenvalue weighted by molar-refractivity contribution is 0.0722. The zero-order valence-corrected chi connectivity index (χ0v) is 33.7. The van der Waals surface area contributed by atoms with E-state index in [2.05, 4.69) is 13.8 Å². The van der Waals surface area contributed by atoms with Gasteiger partial charge in [-0.1, -0.05) is 115 Å². The van der Waals surface area contributed by atoms with Crippen molar-refractivity contribution >= 4 is 11.9 Å². The first-order chi connectivity index (χ1) is 27.5. The molecule has 0 aliphatic carbocycles. The molecule has 8 nitrogen and oxygen atoms in total. The molecule has 4 rings (SSSR count). The first-order valence-corrected chi connectivity index (χ1v) is 21.0. The standard InChI is InChI=1S/C48H63NO7/c1-3-5-7-9-12-16-34-52-41-25-23-40(24-26-41)47(50)55-42-27-19-38(20-28-42)39-21-29-43(30-22-39)56-48(51)45-32-31-44(53-35-17-13-10-8-6-4-2)37-46(45)54-36-18-14-11-15-33-49/h19-32,37H,3-18,33-36,49H2,1-2H3. The molecule has 302 valence electrons. The number of benzene rings is 4. The van der Waals surface area contributed by atoms with Crippen molar-refractivity contribution in [2.45, 2.75) is 117 Å². The van der Waals surface area contributed by atoms with E-state index in [1.54, 1.807) is 66.7 Å². The smallest absolute Gasteiger partial charge is 0.347 e. The monoisotopic (exact) mass is 765 g/mol. The number of ether oxygens (including phenoxy) is 5. The summed E-state index contributed by atoms with van der Waals surface area (Å²) >= 11 is 0. The molecular formula is C48H63NO7. The number of nitrogens with two attached hydrogens (primary N) is 1. The zero-order chi connectivity index (χ0) is 39.6. The Kier molecular flexibility index (Phi) is 20.5. The summed E-state index contributed by atoms with van der Waals surface area (Å²) in [5, 5.41) is 0. The van der Waals surface area contributed by atoms with E-state index in [9.17, 15) is 9.59 Å². The SMILES string of the molecule is CCCCCCCCOc1ccc(C(=O)Oc2ccc(-c3ccc(OC(=O)c4ccc(OCCCCCCCC)cc4OCCCCCCN)cc3)cc2)cc1. The van der Waals surface area contributed by atoms with Gasteiger partial charge in [-0.2, -0.15) is 0 Å². The fraction of sp³-hybridized carbons (Fsp3) is 0.458. The molecule has 0 bridgehead atoms. The fourth-order valence-electron chi connectivity index (χ4n) is 6.25. The molecule has 56 heavy (non-hydrogen) atoms. The predicted molar refractivity (Wildman–Crippen MR) is 225 cm³/mol.